The first-order valence-corrected chi connectivity index (χ1v) is 4.14. The van der Waals surface area contributed by atoms with Gasteiger partial charge in [0.25, 0.3) is 0 Å². The average Bonchev–Trinajstić information content (AvgIpc) is 2.52. The Labute approximate surface area is 88.7 Å². The van der Waals surface area contributed by atoms with Gasteiger partial charge in [-0.3, -0.25) is 5.10 Å². The van der Waals surface area contributed by atoms with Crippen molar-refractivity contribution in [2.45, 2.75) is 6.92 Å². The van der Waals surface area contributed by atoms with Crippen LogP contribution in [0.3, 0.4) is 0 Å². The van der Waals surface area contributed by atoms with Crippen LogP contribution in [-0.4, -0.2) is 10.2 Å². The van der Waals surface area contributed by atoms with E-state index in [4.69, 9.17) is 5.73 Å². The summed E-state index contributed by atoms with van der Waals surface area (Å²) >= 11 is 0. The molecule has 0 radical (unpaired) electrons. The zero-order chi connectivity index (χ0) is 9.26. The molecule has 0 atom stereocenters. The van der Waals surface area contributed by atoms with Gasteiger partial charge in [0.1, 0.15) is 5.82 Å². The van der Waals surface area contributed by atoms with Crippen LogP contribution in [0.5, 0.6) is 0 Å². The lowest BCUT2D eigenvalue weighted by atomic mass is 10.0. The second kappa shape index (κ2) is 4.15. The largest absolute Gasteiger partial charge is 0.384 e. The molecule has 2 aromatic rings. The van der Waals surface area contributed by atoms with Crippen LogP contribution in [0.4, 0.5) is 5.82 Å². The molecule has 0 bridgehead atoms. The maximum Gasteiger partial charge on any atom is 0.126 e. The minimum Gasteiger partial charge on any atom is -0.384 e. The summed E-state index contributed by atoms with van der Waals surface area (Å²) in [5.41, 5.74) is 9.03. The van der Waals surface area contributed by atoms with E-state index in [-0.39, 0.29) is 12.4 Å². The van der Waals surface area contributed by atoms with Crippen LogP contribution >= 0.6 is 12.4 Å². The predicted octanol–water partition coefficient (Wildman–Crippen LogP) is 2.39. The molecule has 0 saturated carbocycles. The van der Waals surface area contributed by atoms with E-state index >= 15 is 0 Å². The number of rotatable bonds is 1. The molecule has 0 aliphatic heterocycles. The highest BCUT2D eigenvalue weighted by Crippen LogP contribution is 2.26. The van der Waals surface area contributed by atoms with Crippen LogP contribution in [0, 0.1) is 6.92 Å². The fraction of sp³-hybridized carbons (Fsp3) is 0.100. The molecule has 0 unspecified atom stereocenters. The maximum absolute atomic E-state index is 5.72. The second-order valence-corrected chi connectivity index (χ2v) is 3.01. The normalized spacial score (nSPS) is 9.50. The molecule has 3 nitrogen and oxygen atoms in total. The van der Waals surface area contributed by atoms with E-state index in [1.54, 1.807) is 6.20 Å². The maximum atomic E-state index is 5.72. The van der Waals surface area contributed by atoms with Gasteiger partial charge in [-0.25, -0.2) is 0 Å². The number of aromatic amines is 1. The molecule has 2 rings (SSSR count). The highest BCUT2D eigenvalue weighted by atomic mass is 35.5. The van der Waals surface area contributed by atoms with Gasteiger partial charge >= 0.3 is 0 Å². The van der Waals surface area contributed by atoms with Crippen molar-refractivity contribution in [1.29, 1.82) is 0 Å². The van der Waals surface area contributed by atoms with Gasteiger partial charge in [0.15, 0.2) is 0 Å². The molecule has 1 aromatic heterocycles. The first-order chi connectivity index (χ1) is 6.29. The Morgan fingerprint density at radius 3 is 2.50 bits per heavy atom. The molecule has 0 aliphatic carbocycles. The highest BCUT2D eigenvalue weighted by Gasteiger charge is 2.05. The summed E-state index contributed by atoms with van der Waals surface area (Å²) in [6, 6.07) is 8.10. The third-order valence-electron chi connectivity index (χ3n) is 2.10. The van der Waals surface area contributed by atoms with Crippen LogP contribution in [0.25, 0.3) is 11.1 Å². The number of H-pyrrole nitrogens is 1. The smallest absolute Gasteiger partial charge is 0.126 e. The van der Waals surface area contributed by atoms with Gasteiger partial charge in [0, 0.05) is 5.56 Å². The Morgan fingerprint density at radius 1 is 1.21 bits per heavy atom. The monoisotopic (exact) mass is 209 g/mol. The summed E-state index contributed by atoms with van der Waals surface area (Å²) in [6.45, 7) is 2.06. The average molecular weight is 210 g/mol. The Balaban J connectivity index is 0.000000980. The van der Waals surface area contributed by atoms with E-state index < -0.39 is 0 Å². The van der Waals surface area contributed by atoms with Crippen molar-refractivity contribution in [2.75, 3.05) is 5.73 Å². The summed E-state index contributed by atoms with van der Waals surface area (Å²) in [6.07, 6.45) is 1.75. The van der Waals surface area contributed by atoms with Gasteiger partial charge < -0.3 is 5.73 Å². The third-order valence-corrected chi connectivity index (χ3v) is 2.10. The molecule has 0 spiro atoms. The van der Waals surface area contributed by atoms with Gasteiger partial charge in [-0.05, 0) is 18.1 Å². The molecule has 0 fully saturated rings. The number of aromatic nitrogens is 2. The number of nitrogens with one attached hydrogen (secondary N) is 1. The Morgan fingerprint density at radius 2 is 1.93 bits per heavy atom. The molecule has 74 valence electrons. The Hall–Kier alpha value is -1.48. The highest BCUT2D eigenvalue weighted by molar-refractivity contribution is 5.85. The van der Waals surface area contributed by atoms with E-state index in [0.29, 0.717) is 5.82 Å². The van der Waals surface area contributed by atoms with E-state index in [1.165, 1.54) is 5.56 Å². The zero-order valence-corrected chi connectivity index (χ0v) is 8.64. The number of nitrogens with zero attached hydrogens (tertiary/aromatic N) is 1. The number of nitrogens with two attached hydrogens (primary N) is 1. The van der Waals surface area contributed by atoms with Gasteiger partial charge in [0.05, 0.1) is 6.20 Å². The summed E-state index contributed by atoms with van der Waals surface area (Å²) in [4.78, 5) is 0. The standard InChI is InChI=1S/C10H11N3.ClH/c1-7-4-2-3-5-8(7)9-6-12-13-10(9)11;/h2-6H,1H3,(H3,11,12,13);1H. The number of nitrogen functional groups attached to an aromatic ring is 1. The molecule has 1 heterocycles. The van der Waals surface area contributed by atoms with Gasteiger partial charge in [-0.2, -0.15) is 5.10 Å². The first-order valence-electron chi connectivity index (χ1n) is 4.14. The first kappa shape index (κ1) is 10.6. The minimum atomic E-state index is 0. The molecular formula is C10H12ClN3. The van der Waals surface area contributed by atoms with Crippen molar-refractivity contribution in [1.82, 2.24) is 10.2 Å². The topological polar surface area (TPSA) is 54.7 Å². The van der Waals surface area contributed by atoms with Gasteiger partial charge in [0.2, 0.25) is 0 Å². The van der Waals surface area contributed by atoms with Gasteiger partial charge in [-0.1, -0.05) is 24.3 Å². The van der Waals surface area contributed by atoms with Crippen LogP contribution < -0.4 is 5.73 Å². The number of benzene rings is 1. The molecule has 0 aliphatic rings. The van der Waals surface area contributed by atoms with Crippen molar-refractivity contribution in [2.24, 2.45) is 0 Å². The lowest BCUT2D eigenvalue weighted by Crippen LogP contribution is -1.88. The number of anilines is 1. The van der Waals surface area contributed by atoms with Crippen LogP contribution in [-0.2, 0) is 0 Å². The molecule has 0 amide bonds. The number of aryl methyl sites for hydroxylation is 1. The van der Waals surface area contributed by atoms with Crippen molar-refractivity contribution in [3.63, 3.8) is 0 Å². The zero-order valence-electron chi connectivity index (χ0n) is 7.82. The minimum absolute atomic E-state index is 0. The molecular weight excluding hydrogens is 198 g/mol. The Kier molecular flexibility index (Phi) is 3.14. The lowest BCUT2D eigenvalue weighted by Gasteiger charge is -2.02. The summed E-state index contributed by atoms with van der Waals surface area (Å²) < 4.78 is 0. The predicted molar refractivity (Wildman–Crippen MR) is 60.4 cm³/mol. The molecule has 3 N–H and O–H groups in total. The van der Waals surface area contributed by atoms with Gasteiger partial charge in [-0.15, -0.1) is 12.4 Å². The molecule has 14 heavy (non-hydrogen) atoms. The van der Waals surface area contributed by atoms with E-state index in [0.717, 1.165) is 11.1 Å². The third kappa shape index (κ3) is 1.72. The summed E-state index contributed by atoms with van der Waals surface area (Å²) in [5.74, 6) is 0.620. The molecule has 4 heteroatoms. The second-order valence-electron chi connectivity index (χ2n) is 3.01. The quantitative estimate of drug-likeness (QED) is 0.758. The van der Waals surface area contributed by atoms with E-state index in [1.807, 2.05) is 18.2 Å². The van der Waals surface area contributed by atoms with Crippen molar-refractivity contribution >= 4 is 18.2 Å². The fourth-order valence-electron chi connectivity index (χ4n) is 1.39. The number of hydrogen-bond acceptors (Lipinski definition) is 2. The van der Waals surface area contributed by atoms with Crippen molar-refractivity contribution in [3.8, 4) is 11.1 Å². The van der Waals surface area contributed by atoms with Crippen LogP contribution in [0.1, 0.15) is 5.56 Å². The lowest BCUT2D eigenvalue weighted by molar-refractivity contribution is 1.10. The molecule has 1 aromatic carbocycles. The Bertz CT molecular complexity index is 423. The van der Waals surface area contributed by atoms with Crippen LogP contribution in [0.15, 0.2) is 30.5 Å². The van der Waals surface area contributed by atoms with Crippen LogP contribution in [0.2, 0.25) is 0 Å². The van der Waals surface area contributed by atoms with E-state index in [2.05, 4.69) is 23.2 Å². The number of halogens is 1. The molecule has 0 saturated heterocycles. The van der Waals surface area contributed by atoms with E-state index in [9.17, 15) is 0 Å². The SMILES string of the molecule is Cc1ccccc1-c1cn[nH]c1N.Cl. The number of hydrogen-bond donors (Lipinski definition) is 2. The van der Waals surface area contributed by atoms with Crippen molar-refractivity contribution < 1.29 is 0 Å². The van der Waals surface area contributed by atoms with Crippen molar-refractivity contribution in [3.05, 3.63) is 36.0 Å². The summed E-state index contributed by atoms with van der Waals surface area (Å²) in [5, 5.41) is 6.61. The fourth-order valence-corrected chi connectivity index (χ4v) is 1.39. The summed E-state index contributed by atoms with van der Waals surface area (Å²) in [7, 11) is 0.